The number of carboxylic acids is 1. The molecule has 8 rings (SSSR count). The predicted octanol–water partition coefficient (Wildman–Crippen LogP) is 10.7. The zero-order valence-electron chi connectivity index (χ0n) is 31.9. The van der Waals surface area contributed by atoms with Crippen LogP contribution >= 0.6 is 0 Å². The van der Waals surface area contributed by atoms with E-state index in [1.54, 1.807) is 18.2 Å². The Hall–Kier alpha value is -7.65. The van der Waals surface area contributed by atoms with Crippen LogP contribution in [-0.4, -0.2) is 29.6 Å². The third kappa shape index (κ3) is 8.69. The van der Waals surface area contributed by atoms with Gasteiger partial charge in [-0.25, -0.2) is 9.59 Å². The van der Waals surface area contributed by atoms with Gasteiger partial charge in [-0.05, 0) is 63.2 Å². The van der Waals surface area contributed by atoms with Gasteiger partial charge in [0, 0.05) is 5.92 Å². The minimum absolute atomic E-state index is 0.00543. The standard InChI is InChI=1S/C50H39NO8/c52-48(47-44(57-30-34-17-6-2-7-18-34)27-36(49(53)54)28-45(47)58-31-35-19-8-3-9-20-35)46-42(25-14-26-43(46)56-29-33-15-4-1-5-16-33)51-50(55)59-32-41-39-23-12-10-21-37(39)38-22-11-13-24-40(38)41/h1-28,41H,29-32H2,(H,51,55)(H,53,54). The normalized spacial score (nSPS) is 11.5. The van der Waals surface area contributed by atoms with Crippen molar-refractivity contribution in [2.24, 2.45) is 0 Å². The van der Waals surface area contributed by atoms with Gasteiger partial charge >= 0.3 is 12.1 Å². The van der Waals surface area contributed by atoms with Gasteiger partial charge in [-0.3, -0.25) is 10.1 Å². The topological polar surface area (TPSA) is 120 Å². The van der Waals surface area contributed by atoms with Gasteiger partial charge in [0.15, 0.2) is 0 Å². The fourth-order valence-corrected chi connectivity index (χ4v) is 7.23. The number of ketones is 1. The SMILES string of the molecule is O=C(Nc1cccc(OCc2ccccc2)c1C(=O)c1c(OCc2ccccc2)cc(C(=O)O)cc1OCc1ccccc1)OCC1c2ccccc2-c2ccccc21. The van der Waals surface area contributed by atoms with Crippen molar-refractivity contribution in [1.29, 1.82) is 0 Å². The van der Waals surface area contributed by atoms with Crippen molar-refractivity contribution in [3.8, 4) is 28.4 Å². The molecule has 0 saturated carbocycles. The summed E-state index contributed by atoms with van der Waals surface area (Å²) in [5.41, 5.74) is 6.67. The lowest BCUT2D eigenvalue weighted by molar-refractivity contribution is 0.0694. The summed E-state index contributed by atoms with van der Waals surface area (Å²) in [6, 6.07) is 51.7. The molecule has 2 N–H and O–H groups in total. The first-order valence-corrected chi connectivity index (χ1v) is 19.1. The third-order valence-electron chi connectivity index (χ3n) is 10.1. The van der Waals surface area contributed by atoms with E-state index in [0.29, 0.717) is 0 Å². The average Bonchev–Trinajstić information content (AvgIpc) is 3.60. The van der Waals surface area contributed by atoms with Gasteiger partial charge in [0.2, 0.25) is 5.78 Å². The highest BCUT2D eigenvalue weighted by molar-refractivity contribution is 6.18. The molecule has 0 fully saturated rings. The molecule has 0 aromatic heterocycles. The molecule has 0 unspecified atom stereocenters. The lowest BCUT2D eigenvalue weighted by Gasteiger charge is -2.20. The Morgan fingerprint density at radius 2 is 0.966 bits per heavy atom. The lowest BCUT2D eigenvalue weighted by atomic mass is 9.97. The Bertz CT molecular complexity index is 2500. The van der Waals surface area contributed by atoms with E-state index in [1.165, 1.54) is 12.1 Å². The second-order valence-corrected chi connectivity index (χ2v) is 13.9. The van der Waals surface area contributed by atoms with Crippen LogP contribution in [0.3, 0.4) is 0 Å². The lowest BCUT2D eigenvalue weighted by Crippen LogP contribution is -2.20. The summed E-state index contributed by atoms with van der Waals surface area (Å²) in [4.78, 5) is 41.5. The molecular weight excluding hydrogens is 743 g/mol. The van der Waals surface area contributed by atoms with Crippen molar-refractivity contribution in [2.45, 2.75) is 25.7 Å². The van der Waals surface area contributed by atoms with Crippen LogP contribution in [0.5, 0.6) is 17.2 Å². The number of carboxylic acid groups (broad SMARTS) is 1. The van der Waals surface area contributed by atoms with Gasteiger partial charge in [-0.2, -0.15) is 0 Å². The minimum Gasteiger partial charge on any atom is -0.488 e. The van der Waals surface area contributed by atoms with Crippen LogP contribution in [0, 0.1) is 0 Å². The number of hydrogen-bond donors (Lipinski definition) is 2. The fraction of sp³-hybridized carbons (Fsp3) is 0.100. The van der Waals surface area contributed by atoms with Gasteiger partial charge in [-0.1, -0.05) is 146 Å². The van der Waals surface area contributed by atoms with Gasteiger partial charge in [0.05, 0.1) is 16.8 Å². The molecule has 0 aliphatic heterocycles. The number of fused-ring (bicyclic) bond motifs is 3. The number of carbonyl (C=O) groups excluding carboxylic acids is 2. The number of anilines is 1. The maximum absolute atomic E-state index is 15.3. The molecule has 1 aliphatic carbocycles. The van der Waals surface area contributed by atoms with E-state index >= 15 is 4.79 Å². The monoisotopic (exact) mass is 781 g/mol. The Balaban J connectivity index is 1.17. The van der Waals surface area contributed by atoms with E-state index in [0.717, 1.165) is 38.9 Å². The first kappa shape index (κ1) is 38.2. The van der Waals surface area contributed by atoms with E-state index in [-0.39, 0.29) is 72.0 Å². The summed E-state index contributed by atoms with van der Waals surface area (Å²) in [5.74, 6) is -1.93. The van der Waals surface area contributed by atoms with Crippen molar-refractivity contribution in [2.75, 3.05) is 11.9 Å². The summed E-state index contributed by atoms with van der Waals surface area (Å²) in [5, 5.41) is 13.0. The number of rotatable bonds is 15. The zero-order chi connectivity index (χ0) is 40.6. The van der Waals surface area contributed by atoms with Gasteiger partial charge < -0.3 is 24.1 Å². The van der Waals surface area contributed by atoms with E-state index in [9.17, 15) is 14.7 Å². The van der Waals surface area contributed by atoms with Crippen LogP contribution in [-0.2, 0) is 24.6 Å². The Labute approximate surface area is 341 Å². The Morgan fingerprint density at radius 3 is 1.46 bits per heavy atom. The summed E-state index contributed by atoms with van der Waals surface area (Å²) < 4.78 is 24.8. The molecule has 1 amide bonds. The van der Waals surface area contributed by atoms with Crippen molar-refractivity contribution < 1.29 is 38.4 Å². The molecule has 9 nitrogen and oxygen atoms in total. The molecule has 0 heterocycles. The Morgan fingerprint density at radius 1 is 0.508 bits per heavy atom. The van der Waals surface area contributed by atoms with Gasteiger partial charge in [-0.15, -0.1) is 0 Å². The summed E-state index contributed by atoms with van der Waals surface area (Å²) in [7, 11) is 0. The maximum Gasteiger partial charge on any atom is 0.411 e. The van der Waals surface area contributed by atoms with Crippen molar-refractivity contribution in [1.82, 2.24) is 0 Å². The van der Waals surface area contributed by atoms with Crippen LogP contribution < -0.4 is 19.5 Å². The van der Waals surface area contributed by atoms with Crippen LogP contribution in [0.1, 0.15) is 60.0 Å². The number of hydrogen-bond acceptors (Lipinski definition) is 7. The molecule has 9 heteroatoms. The van der Waals surface area contributed by atoms with Gasteiger partial charge in [0.1, 0.15) is 49.2 Å². The summed E-state index contributed by atoms with van der Waals surface area (Å²) in [6.45, 7) is 0.222. The molecule has 59 heavy (non-hydrogen) atoms. The number of carbonyl (C=O) groups is 3. The molecule has 7 aromatic carbocycles. The molecule has 1 aliphatic rings. The van der Waals surface area contributed by atoms with E-state index in [4.69, 9.17) is 18.9 Å². The van der Waals surface area contributed by atoms with E-state index in [1.807, 2.05) is 127 Å². The second-order valence-electron chi connectivity index (χ2n) is 13.9. The largest absolute Gasteiger partial charge is 0.488 e. The van der Waals surface area contributed by atoms with Crippen LogP contribution in [0.25, 0.3) is 11.1 Å². The van der Waals surface area contributed by atoms with Gasteiger partial charge in [0.25, 0.3) is 0 Å². The summed E-state index contributed by atoms with van der Waals surface area (Å²) in [6.07, 6.45) is -0.775. The molecule has 0 atom stereocenters. The van der Waals surface area contributed by atoms with Crippen molar-refractivity contribution in [3.05, 3.63) is 214 Å². The number of amides is 1. The third-order valence-corrected chi connectivity index (χ3v) is 10.1. The molecule has 0 bridgehead atoms. The zero-order valence-corrected chi connectivity index (χ0v) is 31.9. The van der Waals surface area contributed by atoms with Crippen molar-refractivity contribution >= 4 is 23.5 Å². The quantitative estimate of drug-likeness (QED) is 0.0987. The number of aromatic carboxylic acids is 1. The van der Waals surface area contributed by atoms with Crippen LogP contribution in [0.2, 0.25) is 0 Å². The first-order chi connectivity index (χ1) is 28.9. The molecule has 0 spiro atoms. The van der Waals surface area contributed by atoms with Crippen molar-refractivity contribution in [3.63, 3.8) is 0 Å². The van der Waals surface area contributed by atoms with E-state index < -0.39 is 17.8 Å². The second kappa shape index (κ2) is 17.7. The summed E-state index contributed by atoms with van der Waals surface area (Å²) >= 11 is 0. The molecule has 7 aromatic rings. The number of nitrogens with one attached hydrogen (secondary N) is 1. The first-order valence-electron chi connectivity index (χ1n) is 19.1. The maximum atomic E-state index is 15.3. The van der Waals surface area contributed by atoms with Crippen LogP contribution in [0.4, 0.5) is 10.5 Å². The molecule has 292 valence electrons. The highest BCUT2D eigenvalue weighted by Crippen LogP contribution is 2.45. The smallest absolute Gasteiger partial charge is 0.411 e. The van der Waals surface area contributed by atoms with E-state index in [2.05, 4.69) is 17.4 Å². The number of benzene rings is 7. The highest BCUT2D eigenvalue weighted by Gasteiger charge is 2.31. The fourth-order valence-electron chi connectivity index (χ4n) is 7.23. The minimum atomic E-state index is -1.23. The average molecular weight is 782 g/mol. The molecular formula is C50H39NO8. The molecule has 0 radical (unpaired) electrons. The predicted molar refractivity (Wildman–Crippen MR) is 224 cm³/mol. The Kier molecular flexibility index (Phi) is 11.4. The van der Waals surface area contributed by atoms with Crippen LogP contribution in [0.15, 0.2) is 170 Å². The molecule has 0 saturated heterocycles. The number of ether oxygens (including phenoxy) is 4. The highest BCUT2D eigenvalue weighted by atomic mass is 16.5.